The maximum Gasteiger partial charge on any atom is 0.251 e. The third kappa shape index (κ3) is 1.75. The Hall–Kier alpha value is -1.02. The summed E-state index contributed by atoms with van der Waals surface area (Å²) in [6.07, 6.45) is 0. The quantitative estimate of drug-likeness (QED) is 0.703. The van der Waals surface area contributed by atoms with Gasteiger partial charge < -0.3 is 5.32 Å². The molecule has 0 spiro atoms. The second kappa shape index (κ2) is 4.47. The molecule has 2 nitrogen and oxygen atoms in total. The van der Waals surface area contributed by atoms with Crippen molar-refractivity contribution in [2.45, 2.75) is 27.3 Å². The molecule has 0 bridgehead atoms. The number of halogens is 1. The number of nitrogens with one attached hydrogen (secondary N) is 1. The average Bonchev–Trinajstić information content (AvgIpc) is 2.58. The van der Waals surface area contributed by atoms with Crippen LogP contribution in [0.15, 0.2) is 12.1 Å². The van der Waals surface area contributed by atoms with E-state index in [2.05, 4.69) is 5.32 Å². The highest BCUT2D eigenvalue weighted by atomic mass is 35.5. The Labute approximate surface area is 89.3 Å². The fourth-order valence-corrected chi connectivity index (χ4v) is 1.62. The lowest BCUT2D eigenvalue weighted by Crippen LogP contribution is -2.12. The van der Waals surface area contributed by atoms with E-state index < -0.39 is 0 Å². The fraction of sp³-hybridized carbons (Fsp3) is 0.364. The molecular formula is C11H14ClNO. The Morgan fingerprint density at radius 1 is 1.36 bits per heavy atom. The SMILES string of the molecule is CC.Cc1ccc2c(c1Cl)CNC2=O. The minimum Gasteiger partial charge on any atom is -0.348 e. The topological polar surface area (TPSA) is 29.1 Å². The van der Waals surface area contributed by atoms with Crippen molar-refractivity contribution < 1.29 is 4.79 Å². The van der Waals surface area contributed by atoms with Crippen LogP contribution in [0.2, 0.25) is 5.02 Å². The molecule has 0 fully saturated rings. The van der Waals surface area contributed by atoms with Crippen molar-refractivity contribution in [2.75, 3.05) is 0 Å². The molecular weight excluding hydrogens is 198 g/mol. The van der Waals surface area contributed by atoms with Gasteiger partial charge in [0.2, 0.25) is 0 Å². The van der Waals surface area contributed by atoms with E-state index in [1.165, 1.54) is 0 Å². The normalized spacial score (nSPS) is 12.7. The summed E-state index contributed by atoms with van der Waals surface area (Å²) in [5, 5.41) is 3.44. The second-order valence-electron chi connectivity index (χ2n) is 2.91. The van der Waals surface area contributed by atoms with Crippen LogP contribution in [0.3, 0.4) is 0 Å². The van der Waals surface area contributed by atoms with Crippen molar-refractivity contribution in [3.63, 3.8) is 0 Å². The summed E-state index contributed by atoms with van der Waals surface area (Å²) in [4.78, 5) is 11.2. The zero-order valence-electron chi connectivity index (χ0n) is 8.65. The highest BCUT2D eigenvalue weighted by molar-refractivity contribution is 6.32. The largest absolute Gasteiger partial charge is 0.348 e. The molecule has 0 unspecified atom stereocenters. The van der Waals surface area contributed by atoms with E-state index >= 15 is 0 Å². The van der Waals surface area contributed by atoms with Crippen molar-refractivity contribution >= 4 is 17.5 Å². The van der Waals surface area contributed by atoms with Crippen LogP contribution in [-0.4, -0.2) is 5.91 Å². The molecule has 1 aromatic carbocycles. The Balaban J connectivity index is 0.000000461. The van der Waals surface area contributed by atoms with E-state index in [4.69, 9.17) is 11.6 Å². The highest BCUT2D eigenvalue weighted by Gasteiger charge is 2.21. The number of carbonyl (C=O) groups is 1. The molecule has 2 rings (SSSR count). The molecule has 0 aromatic heterocycles. The minimum absolute atomic E-state index is 0.0214. The predicted octanol–water partition coefficient (Wildman–Crippen LogP) is 2.92. The molecule has 0 atom stereocenters. The number of aryl methyl sites for hydroxylation is 1. The first-order valence-corrected chi connectivity index (χ1v) is 5.14. The molecule has 0 aliphatic carbocycles. The van der Waals surface area contributed by atoms with Gasteiger partial charge in [0.05, 0.1) is 0 Å². The van der Waals surface area contributed by atoms with Gasteiger partial charge >= 0.3 is 0 Å². The zero-order chi connectivity index (χ0) is 10.7. The first-order chi connectivity index (χ1) is 6.70. The summed E-state index contributed by atoms with van der Waals surface area (Å²) < 4.78 is 0. The zero-order valence-corrected chi connectivity index (χ0v) is 9.40. The summed E-state index contributed by atoms with van der Waals surface area (Å²) in [5.41, 5.74) is 2.67. The van der Waals surface area contributed by atoms with Crippen LogP contribution in [0.5, 0.6) is 0 Å². The number of hydrogen-bond acceptors (Lipinski definition) is 1. The fourth-order valence-electron chi connectivity index (χ4n) is 1.39. The van der Waals surface area contributed by atoms with Gasteiger partial charge in [-0.15, -0.1) is 0 Å². The Morgan fingerprint density at radius 3 is 2.64 bits per heavy atom. The molecule has 76 valence electrons. The Morgan fingerprint density at radius 2 is 2.00 bits per heavy atom. The number of amides is 1. The van der Waals surface area contributed by atoms with E-state index in [0.717, 1.165) is 11.1 Å². The highest BCUT2D eigenvalue weighted by Crippen LogP contribution is 2.27. The Kier molecular flexibility index (Phi) is 3.53. The standard InChI is InChI=1S/C9H8ClNO.C2H6/c1-5-2-3-6-7(8(5)10)4-11-9(6)12;1-2/h2-3H,4H2,1H3,(H,11,12);1-2H3. The number of fused-ring (bicyclic) bond motifs is 1. The third-order valence-electron chi connectivity index (χ3n) is 2.11. The smallest absolute Gasteiger partial charge is 0.251 e. The van der Waals surface area contributed by atoms with Crippen LogP contribution < -0.4 is 5.32 Å². The van der Waals surface area contributed by atoms with Gasteiger partial charge in [-0.25, -0.2) is 0 Å². The van der Waals surface area contributed by atoms with Gasteiger partial charge in [-0.1, -0.05) is 31.5 Å². The molecule has 3 heteroatoms. The van der Waals surface area contributed by atoms with Crippen molar-refractivity contribution in [1.82, 2.24) is 5.32 Å². The van der Waals surface area contributed by atoms with Gasteiger partial charge in [0.25, 0.3) is 5.91 Å². The predicted molar refractivity (Wildman–Crippen MR) is 58.7 cm³/mol. The number of rotatable bonds is 0. The van der Waals surface area contributed by atoms with Gasteiger partial charge in [0, 0.05) is 22.7 Å². The van der Waals surface area contributed by atoms with E-state index in [1.807, 2.05) is 32.9 Å². The number of benzene rings is 1. The molecule has 0 saturated carbocycles. The first kappa shape index (κ1) is 11.1. The molecule has 1 N–H and O–H groups in total. The summed E-state index contributed by atoms with van der Waals surface area (Å²) in [5.74, 6) is -0.0214. The van der Waals surface area contributed by atoms with E-state index in [-0.39, 0.29) is 5.91 Å². The summed E-state index contributed by atoms with van der Waals surface area (Å²) in [6.45, 7) is 6.50. The lowest BCUT2D eigenvalue weighted by atomic mass is 10.1. The van der Waals surface area contributed by atoms with Crippen molar-refractivity contribution in [3.8, 4) is 0 Å². The Bertz CT molecular complexity index is 361. The monoisotopic (exact) mass is 211 g/mol. The summed E-state index contributed by atoms with van der Waals surface area (Å²) >= 11 is 6.01. The summed E-state index contributed by atoms with van der Waals surface area (Å²) in [6, 6.07) is 3.69. The van der Waals surface area contributed by atoms with Gasteiger partial charge in [0.1, 0.15) is 0 Å². The average molecular weight is 212 g/mol. The molecule has 0 radical (unpaired) electrons. The van der Waals surface area contributed by atoms with E-state index in [9.17, 15) is 4.79 Å². The molecule has 1 aliphatic rings. The maximum atomic E-state index is 11.2. The van der Waals surface area contributed by atoms with Gasteiger partial charge in [-0.2, -0.15) is 0 Å². The van der Waals surface area contributed by atoms with E-state index in [0.29, 0.717) is 17.1 Å². The van der Waals surface area contributed by atoms with Crippen molar-refractivity contribution in [1.29, 1.82) is 0 Å². The van der Waals surface area contributed by atoms with Crippen molar-refractivity contribution in [2.24, 2.45) is 0 Å². The second-order valence-corrected chi connectivity index (χ2v) is 3.28. The molecule has 1 aromatic rings. The molecule has 1 amide bonds. The van der Waals surface area contributed by atoms with Gasteiger partial charge in [0.15, 0.2) is 0 Å². The van der Waals surface area contributed by atoms with Crippen LogP contribution >= 0.6 is 11.6 Å². The number of hydrogen-bond donors (Lipinski definition) is 1. The van der Waals surface area contributed by atoms with Gasteiger partial charge in [-0.3, -0.25) is 4.79 Å². The van der Waals surface area contributed by atoms with Crippen LogP contribution in [0.4, 0.5) is 0 Å². The van der Waals surface area contributed by atoms with Crippen LogP contribution in [0.25, 0.3) is 0 Å². The van der Waals surface area contributed by atoms with Crippen molar-refractivity contribution in [3.05, 3.63) is 33.8 Å². The minimum atomic E-state index is -0.0214. The third-order valence-corrected chi connectivity index (χ3v) is 2.63. The lowest BCUT2D eigenvalue weighted by molar-refractivity contribution is 0.0966. The maximum absolute atomic E-state index is 11.2. The van der Waals surface area contributed by atoms with E-state index in [1.54, 1.807) is 0 Å². The van der Waals surface area contributed by atoms with Crippen LogP contribution in [-0.2, 0) is 6.54 Å². The van der Waals surface area contributed by atoms with Crippen LogP contribution in [0.1, 0.15) is 35.3 Å². The molecule has 1 aliphatic heterocycles. The van der Waals surface area contributed by atoms with Crippen LogP contribution in [0, 0.1) is 6.92 Å². The first-order valence-electron chi connectivity index (χ1n) is 4.76. The number of carbonyl (C=O) groups excluding carboxylic acids is 1. The molecule has 0 saturated heterocycles. The van der Waals surface area contributed by atoms with Gasteiger partial charge in [-0.05, 0) is 18.6 Å². The molecule has 14 heavy (non-hydrogen) atoms. The lowest BCUT2D eigenvalue weighted by Gasteiger charge is -2.01. The molecule has 1 heterocycles. The summed E-state index contributed by atoms with van der Waals surface area (Å²) in [7, 11) is 0.